The first-order chi connectivity index (χ1) is 10.5. The van der Waals surface area contributed by atoms with E-state index in [-0.39, 0.29) is 13.2 Å². The van der Waals surface area contributed by atoms with E-state index < -0.39 is 29.2 Å². The third-order valence-electron chi connectivity index (χ3n) is 3.32. The Morgan fingerprint density at radius 2 is 1.91 bits per heavy atom. The van der Waals surface area contributed by atoms with Crippen molar-refractivity contribution < 1.29 is 24.1 Å². The van der Waals surface area contributed by atoms with Gasteiger partial charge in [0.25, 0.3) is 0 Å². The number of amides is 1. The van der Waals surface area contributed by atoms with Crippen molar-refractivity contribution in [3.05, 3.63) is 35.6 Å². The zero-order valence-corrected chi connectivity index (χ0v) is 14.3. The Bertz CT molecular complexity index is 540. The van der Waals surface area contributed by atoms with Gasteiger partial charge < -0.3 is 14.9 Å². The molecule has 0 aromatic heterocycles. The van der Waals surface area contributed by atoms with Gasteiger partial charge in [-0.1, -0.05) is 12.1 Å². The number of aliphatic hydroxyl groups excluding tert-OH is 2. The Labute approximate surface area is 136 Å². The van der Waals surface area contributed by atoms with Crippen molar-refractivity contribution in [3.8, 4) is 0 Å². The summed E-state index contributed by atoms with van der Waals surface area (Å²) in [5.41, 5.74) is -1.28. The minimum absolute atomic E-state index is 0.119. The van der Waals surface area contributed by atoms with Crippen molar-refractivity contribution in [1.82, 2.24) is 4.90 Å². The van der Waals surface area contributed by atoms with E-state index in [1.54, 1.807) is 40.7 Å². The van der Waals surface area contributed by atoms with Gasteiger partial charge in [0.05, 0.1) is 24.8 Å². The third-order valence-corrected chi connectivity index (χ3v) is 3.32. The van der Waals surface area contributed by atoms with Gasteiger partial charge in [-0.3, -0.25) is 4.90 Å². The number of benzene rings is 1. The van der Waals surface area contributed by atoms with Crippen LogP contribution in [0.3, 0.4) is 0 Å². The maximum absolute atomic E-state index is 13.3. The van der Waals surface area contributed by atoms with Crippen molar-refractivity contribution in [2.24, 2.45) is 0 Å². The molecule has 1 amide bonds. The van der Waals surface area contributed by atoms with Gasteiger partial charge in [-0.2, -0.15) is 0 Å². The summed E-state index contributed by atoms with van der Waals surface area (Å²) in [4.78, 5) is 13.7. The predicted octanol–water partition coefficient (Wildman–Crippen LogP) is 2.87. The molecule has 0 aliphatic rings. The first-order valence-corrected chi connectivity index (χ1v) is 7.51. The molecule has 1 aromatic rings. The fraction of sp³-hybridized carbons (Fsp3) is 0.588. The van der Waals surface area contributed by atoms with Crippen LogP contribution in [0.15, 0.2) is 24.3 Å². The summed E-state index contributed by atoms with van der Waals surface area (Å²) in [7, 11) is 0. The topological polar surface area (TPSA) is 70.0 Å². The van der Waals surface area contributed by atoms with Crippen molar-refractivity contribution in [3.63, 3.8) is 0 Å². The van der Waals surface area contributed by atoms with Crippen molar-refractivity contribution in [2.45, 2.75) is 51.9 Å². The molecule has 130 valence electrons. The highest BCUT2D eigenvalue weighted by atomic mass is 19.1. The van der Waals surface area contributed by atoms with Gasteiger partial charge in [-0.25, -0.2) is 9.18 Å². The highest BCUT2D eigenvalue weighted by Gasteiger charge is 2.35. The molecule has 23 heavy (non-hydrogen) atoms. The molecule has 0 heterocycles. The van der Waals surface area contributed by atoms with Crippen LogP contribution in [-0.4, -0.2) is 45.5 Å². The van der Waals surface area contributed by atoms with Crippen LogP contribution in [0.4, 0.5) is 9.18 Å². The lowest BCUT2D eigenvalue weighted by molar-refractivity contribution is -0.0238. The van der Waals surface area contributed by atoms with Crippen LogP contribution in [0, 0.1) is 5.82 Å². The average Bonchev–Trinajstić information content (AvgIpc) is 2.42. The second kappa shape index (κ2) is 7.27. The van der Waals surface area contributed by atoms with Gasteiger partial charge in [0.1, 0.15) is 11.4 Å². The number of aliphatic hydroxyl groups is 2. The molecule has 0 fully saturated rings. The molecule has 0 aliphatic carbocycles. The van der Waals surface area contributed by atoms with Crippen LogP contribution in [0.5, 0.6) is 0 Å². The number of rotatable bonds is 5. The Morgan fingerprint density at radius 3 is 2.39 bits per heavy atom. The Kier molecular flexibility index (Phi) is 6.13. The van der Waals surface area contributed by atoms with Crippen LogP contribution < -0.4 is 0 Å². The van der Waals surface area contributed by atoms with Crippen molar-refractivity contribution in [2.75, 3.05) is 13.2 Å². The van der Waals surface area contributed by atoms with E-state index in [9.17, 15) is 19.4 Å². The predicted molar refractivity (Wildman–Crippen MR) is 85.5 cm³/mol. The smallest absolute Gasteiger partial charge is 0.410 e. The molecule has 0 radical (unpaired) electrons. The van der Waals surface area contributed by atoms with E-state index in [1.165, 1.54) is 23.1 Å². The summed E-state index contributed by atoms with van der Waals surface area (Å²) in [5, 5.41) is 19.9. The van der Waals surface area contributed by atoms with Gasteiger partial charge in [-0.15, -0.1) is 0 Å². The van der Waals surface area contributed by atoms with E-state index in [4.69, 9.17) is 4.74 Å². The van der Waals surface area contributed by atoms with Gasteiger partial charge in [0, 0.05) is 0 Å². The SMILES string of the molecule is CC(C)(C)OC(=O)N(CC(O)c1cccc(F)c1)C(C)(C)CO. The minimum atomic E-state index is -1.09. The molecule has 0 saturated carbocycles. The molecule has 0 saturated heterocycles. The molecular weight excluding hydrogens is 301 g/mol. The van der Waals surface area contributed by atoms with Gasteiger partial charge in [0.15, 0.2) is 0 Å². The number of hydrogen-bond acceptors (Lipinski definition) is 4. The lowest BCUT2D eigenvalue weighted by atomic mass is 10.0. The quantitative estimate of drug-likeness (QED) is 0.872. The van der Waals surface area contributed by atoms with E-state index in [1.807, 2.05) is 0 Å². The molecule has 5 nitrogen and oxygen atoms in total. The summed E-state index contributed by atoms with van der Waals surface area (Å²) in [6.45, 7) is 8.10. The van der Waals surface area contributed by atoms with Gasteiger partial charge in [0.2, 0.25) is 0 Å². The van der Waals surface area contributed by atoms with Crippen LogP contribution in [0.2, 0.25) is 0 Å². The summed E-state index contributed by atoms with van der Waals surface area (Å²) in [5.74, 6) is -0.466. The van der Waals surface area contributed by atoms with Crippen LogP contribution in [0.25, 0.3) is 0 Å². The van der Waals surface area contributed by atoms with E-state index >= 15 is 0 Å². The second-order valence-corrected chi connectivity index (χ2v) is 7.13. The Balaban J connectivity index is 2.99. The van der Waals surface area contributed by atoms with Crippen LogP contribution in [0.1, 0.15) is 46.3 Å². The molecule has 2 N–H and O–H groups in total. The lowest BCUT2D eigenvalue weighted by Gasteiger charge is -2.39. The number of halogens is 1. The molecule has 1 unspecified atom stereocenters. The zero-order valence-electron chi connectivity index (χ0n) is 14.3. The number of β-amino-alcohol motifs (C(OH)–C–C–N with tert-alkyl or cyclic N) is 1. The standard InChI is InChI=1S/C17H26FNO4/c1-16(2,3)23-15(22)19(17(4,5)11-20)10-14(21)12-7-6-8-13(18)9-12/h6-9,14,20-21H,10-11H2,1-5H3. The summed E-state index contributed by atoms with van der Waals surface area (Å²) >= 11 is 0. The average molecular weight is 327 g/mol. The minimum Gasteiger partial charge on any atom is -0.444 e. The lowest BCUT2D eigenvalue weighted by Crippen LogP contribution is -2.53. The highest BCUT2D eigenvalue weighted by Crippen LogP contribution is 2.23. The molecule has 1 aromatic carbocycles. The Hall–Kier alpha value is -1.66. The van der Waals surface area contributed by atoms with Gasteiger partial charge in [-0.05, 0) is 52.3 Å². The maximum atomic E-state index is 13.3. The third kappa shape index (κ3) is 5.80. The van der Waals surface area contributed by atoms with Gasteiger partial charge >= 0.3 is 6.09 Å². The first kappa shape index (κ1) is 19.4. The number of carbonyl (C=O) groups excluding carboxylic acids is 1. The summed E-state index contributed by atoms with van der Waals surface area (Å²) in [6, 6.07) is 5.55. The van der Waals surface area contributed by atoms with E-state index in [0.717, 1.165) is 0 Å². The normalized spacial score (nSPS) is 13.6. The summed E-state index contributed by atoms with van der Waals surface area (Å²) in [6.07, 6.45) is -1.74. The Morgan fingerprint density at radius 1 is 1.30 bits per heavy atom. The number of ether oxygens (including phenoxy) is 1. The molecular formula is C17H26FNO4. The monoisotopic (exact) mass is 327 g/mol. The molecule has 0 bridgehead atoms. The molecule has 1 rings (SSSR count). The van der Waals surface area contributed by atoms with Crippen LogP contribution >= 0.6 is 0 Å². The molecule has 0 aliphatic heterocycles. The van der Waals surface area contributed by atoms with E-state index in [2.05, 4.69) is 0 Å². The highest BCUT2D eigenvalue weighted by molar-refractivity contribution is 5.69. The van der Waals surface area contributed by atoms with Crippen molar-refractivity contribution >= 4 is 6.09 Å². The number of nitrogens with zero attached hydrogens (tertiary/aromatic N) is 1. The first-order valence-electron chi connectivity index (χ1n) is 7.51. The molecule has 6 heteroatoms. The molecule has 1 atom stereocenters. The van der Waals surface area contributed by atoms with E-state index in [0.29, 0.717) is 5.56 Å². The fourth-order valence-electron chi connectivity index (χ4n) is 1.96. The fourth-order valence-corrected chi connectivity index (χ4v) is 1.96. The number of hydrogen-bond donors (Lipinski definition) is 2. The zero-order chi connectivity index (χ0) is 17.8. The summed E-state index contributed by atoms with van der Waals surface area (Å²) < 4.78 is 18.6. The van der Waals surface area contributed by atoms with Crippen molar-refractivity contribution in [1.29, 1.82) is 0 Å². The molecule has 0 spiro atoms. The maximum Gasteiger partial charge on any atom is 0.410 e. The second-order valence-electron chi connectivity index (χ2n) is 7.13. The largest absolute Gasteiger partial charge is 0.444 e. The number of carbonyl (C=O) groups is 1. The van der Waals surface area contributed by atoms with Crippen LogP contribution in [-0.2, 0) is 4.74 Å².